The number of fused-ring (bicyclic) bond motifs is 1. The quantitative estimate of drug-likeness (QED) is 0.527. The topological polar surface area (TPSA) is 159 Å². The second kappa shape index (κ2) is 7.66. The van der Waals surface area contributed by atoms with Crippen LogP contribution < -0.4 is 15.0 Å². The summed E-state index contributed by atoms with van der Waals surface area (Å²) in [6.45, 7) is 1.82. The summed E-state index contributed by atoms with van der Waals surface area (Å²) in [4.78, 5) is 25.1. The first-order chi connectivity index (χ1) is 15.7. The summed E-state index contributed by atoms with van der Waals surface area (Å²) < 4.78 is 87.1. The molecule has 3 aliphatic heterocycles. The van der Waals surface area contributed by atoms with Crippen LogP contribution in [-0.2, 0) is 38.0 Å². The van der Waals surface area contributed by atoms with Gasteiger partial charge < -0.3 is 9.84 Å². The molecule has 5 rings (SSSR count). The molecule has 16 heteroatoms. The zero-order chi connectivity index (χ0) is 25.3. The Kier molecular flexibility index (Phi) is 5.51. The predicted octanol–water partition coefficient (Wildman–Crippen LogP) is 1.14. The average Bonchev–Trinajstić information content (AvgIpc) is 3.14. The van der Waals surface area contributed by atoms with Crippen molar-refractivity contribution in [1.29, 1.82) is 0 Å². The third kappa shape index (κ3) is 3.56. The molecule has 12 nitrogen and oxygen atoms in total. The Morgan fingerprint density at radius 3 is 2.44 bits per heavy atom. The summed E-state index contributed by atoms with van der Waals surface area (Å²) in [6.07, 6.45) is -0.910. The molecule has 0 radical (unpaired) electrons. The first-order valence-corrected chi connectivity index (χ1v) is 12.4. The highest BCUT2D eigenvalue weighted by molar-refractivity contribution is 7.90. The highest BCUT2D eigenvalue weighted by atomic mass is 32.2. The molecule has 2 atom stereocenters. The number of aromatic nitrogens is 1. The number of amides is 1. The van der Waals surface area contributed by atoms with Crippen LogP contribution in [0.3, 0.4) is 0 Å². The minimum atomic E-state index is -5.18. The molecule has 3 fully saturated rings. The van der Waals surface area contributed by atoms with Crippen LogP contribution in [0, 0.1) is 11.6 Å². The van der Waals surface area contributed by atoms with Crippen LogP contribution >= 0.6 is 7.82 Å². The Balaban J connectivity index is 1.67. The number of aliphatic hydroxyl groups is 1. The molecule has 1 amide bonds. The molecule has 1 unspecified atom stereocenters. The number of carbonyl (C=O) groups is 1. The first kappa shape index (κ1) is 24.4. The number of sulfonamides is 1. The van der Waals surface area contributed by atoms with Crippen LogP contribution in [0.1, 0.15) is 13.8 Å². The van der Waals surface area contributed by atoms with Crippen molar-refractivity contribution < 1.29 is 50.0 Å². The van der Waals surface area contributed by atoms with E-state index >= 15 is 0 Å². The number of methoxy groups -OCH3 is 1. The molecular weight excluding hydrogens is 505 g/mol. The molecule has 184 valence electrons. The summed E-state index contributed by atoms with van der Waals surface area (Å²) in [7, 11) is -7.85. The molecule has 34 heavy (non-hydrogen) atoms. The maximum atomic E-state index is 14.8. The van der Waals surface area contributed by atoms with Crippen molar-refractivity contribution in [3.05, 3.63) is 52.5 Å². The van der Waals surface area contributed by atoms with Gasteiger partial charge in [0.05, 0.1) is 7.11 Å². The fourth-order valence-electron chi connectivity index (χ4n) is 3.36. The van der Waals surface area contributed by atoms with E-state index in [1.807, 2.05) is 0 Å². The van der Waals surface area contributed by atoms with E-state index in [0.29, 0.717) is 19.2 Å². The number of benzene rings is 1. The Bertz CT molecular complexity index is 1410. The lowest BCUT2D eigenvalue weighted by atomic mass is 10.1. The second-order valence-corrected chi connectivity index (χ2v) is 11.0. The molecule has 0 aliphatic carbocycles. The fourth-order valence-corrected chi connectivity index (χ4v) is 6.09. The fraction of sp³-hybridized carbons (Fsp3) is 0.333. The SMILES string of the molecule is COc1ccc(-c2cc(=O)n([C@](C)(O)S(=O)(=O)NC(=O)C34OP(=O)(OC3C)O4)cc2F)c(F)c1. The van der Waals surface area contributed by atoms with Crippen molar-refractivity contribution >= 4 is 23.8 Å². The average molecular weight is 522 g/mol. The van der Waals surface area contributed by atoms with E-state index in [1.54, 1.807) is 0 Å². The van der Waals surface area contributed by atoms with Gasteiger partial charge in [-0.25, -0.2) is 35.5 Å². The van der Waals surface area contributed by atoms with Crippen molar-refractivity contribution in [2.45, 2.75) is 30.8 Å². The molecular formula is C18H17F2N2O10PS. The van der Waals surface area contributed by atoms with Crippen molar-refractivity contribution in [3.8, 4) is 16.9 Å². The standard InChI is InChI=1S/C18H17F2N2O10PS/c1-9-18(31-33(26,30-9)32-18)16(24)21-34(27,28)17(2,25)22-8-14(20)12(7-15(22)23)11-5-4-10(29-3)6-13(11)19/h4-9,25H,1-3H3,(H,21,24)/t9?,17-,18?,33?/m1/s1. The van der Waals surface area contributed by atoms with E-state index in [4.69, 9.17) is 18.3 Å². The lowest BCUT2D eigenvalue weighted by Gasteiger charge is -2.34. The van der Waals surface area contributed by atoms with Gasteiger partial charge in [0.25, 0.3) is 32.3 Å². The first-order valence-electron chi connectivity index (χ1n) is 9.41. The number of pyridine rings is 1. The molecule has 4 heterocycles. The van der Waals surface area contributed by atoms with Crippen LogP contribution in [0.15, 0.2) is 35.3 Å². The van der Waals surface area contributed by atoms with Gasteiger partial charge in [0.1, 0.15) is 23.5 Å². The number of nitrogens with zero attached hydrogens (tertiary/aromatic N) is 1. The molecule has 1 aromatic carbocycles. The van der Waals surface area contributed by atoms with Gasteiger partial charge in [-0.15, -0.1) is 0 Å². The van der Waals surface area contributed by atoms with Crippen molar-refractivity contribution in [2.24, 2.45) is 0 Å². The number of nitrogens with one attached hydrogen (secondary N) is 1. The van der Waals surface area contributed by atoms with Gasteiger partial charge in [0.2, 0.25) is 0 Å². The van der Waals surface area contributed by atoms with Gasteiger partial charge in [-0.05, 0) is 19.1 Å². The van der Waals surface area contributed by atoms with Crippen LogP contribution in [-0.4, -0.2) is 43.0 Å². The molecule has 2 bridgehead atoms. The largest absolute Gasteiger partial charge is 0.497 e. The number of ether oxygens (including phenoxy) is 1. The zero-order valence-corrected chi connectivity index (χ0v) is 19.4. The molecule has 3 aliphatic rings. The summed E-state index contributed by atoms with van der Waals surface area (Å²) in [5, 5.41) is 7.43. The van der Waals surface area contributed by atoms with Crippen molar-refractivity contribution in [3.63, 3.8) is 0 Å². The summed E-state index contributed by atoms with van der Waals surface area (Å²) in [5.41, 5.74) is -2.08. The highest BCUT2D eigenvalue weighted by Crippen LogP contribution is 2.74. The summed E-state index contributed by atoms with van der Waals surface area (Å²) >= 11 is 0. The van der Waals surface area contributed by atoms with E-state index < -0.39 is 63.5 Å². The molecule has 0 saturated carbocycles. The monoisotopic (exact) mass is 522 g/mol. The van der Waals surface area contributed by atoms with Gasteiger partial charge in [-0.1, -0.05) is 0 Å². The Morgan fingerprint density at radius 2 is 1.91 bits per heavy atom. The minimum absolute atomic E-state index is 0.0858. The zero-order valence-electron chi connectivity index (χ0n) is 17.6. The van der Waals surface area contributed by atoms with Crippen molar-refractivity contribution in [1.82, 2.24) is 9.29 Å². The highest BCUT2D eigenvalue weighted by Gasteiger charge is 2.74. The number of phosphoric acid groups is 1. The van der Waals surface area contributed by atoms with Crippen LogP contribution in [0.4, 0.5) is 8.78 Å². The van der Waals surface area contributed by atoms with E-state index in [1.165, 1.54) is 24.8 Å². The van der Waals surface area contributed by atoms with Gasteiger partial charge in [0.15, 0.2) is 0 Å². The normalized spacial score (nSPS) is 27.5. The van der Waals surface area contributed by atoms with Gasteiger partial charge >= 0.3 is 7.82 Å². The second-order valence-electron chi connectivity index (χ2n) is 7.50. The molecule has 3 saturated heterocycles. The third-order valence-corrected chi connectivity index (χ3v) is 8.52. The maximum absolute atomic E-state index is 14.8. The van der Waals surface area contributed by atoms with Gasteiger partial charge in [0, 0.05) is 36.4 Å². The number of rotatable bonds is 6. The smallest absolute Gasteiger partial charge is 0.481 e. The molecule has 1 aromatic heterocycles. The third-order valence-electron chi connectivity index (χ3n) is 5.29. The van der Waals surface area contributed by atoms with Crippen LogP contribution in [0.2, 0.25) is 0 Å². The Morgan fingerprint density at radius 1 is 1.26 bits per heavy atom. The number of hydrogen-bond acceptors (Lipinski definition) is 10. The molecule has 2 N–H and O–H groups in total. The minimum Gasteiger partial charge on any atom is -0.497 e. The predicted molar refractivity (Wildman–Crippen MR) is 109 cm³/mol. The van der Waals surface area contributed by atoms with Gasteiger partial charge in [-0.2, -0.15) is 0 Å². The molecule has 2 aromatic rings. The van der Waals surface area contributed by atoms with Crippen LogP contribution in [0.5, 0.6) is 5.75 Å². The number of halogens is 2. The van der Waals surface area contributed by atoms with Crippen LogP contribution in [0.25, 0.3) is 11.1 Å². The summed E-state index contributed by atoms with van der Waals surface area (Å²) in [6, 6.07) is 3.99. The summed E-state index contributed by atoms with van der Waals surface area (Å²) in [5.74, 6) is -5.88. The lowest BCUT2D eigenvalue weighted by molar-refractivity contribution is -0.192. The Hall–Kier alpha value is -2.68. The molecule has 0 spiro atoms. The Labute approximate surface area is 190 Å². The van der Waals surface area contributed by atoms with E-state index in [9.17, 15) is 36.5 Å². The van der Waals surface area contributed by atoms with Crippen molar-refractivity contribution in [2.75, 3.05) is 7.11 Å². The number of hydrogen-bond donors (Lipinski definition) is 2. The van der Waals surface area contributed by atoms with E-state index in [0.717, 1.165) is 12.1 Å². The maximum Gasteiger partial charge on any atom is 0.481 e. The number of carbonyl (C=O) groups excluding carboxylic acids is 1. The number of phosphoric ester groups is 1. The lowest BCUT2D eigenvalue weighted by Crippen LogP contribution is -2.60. The van der Waals surface area contributed by atoms with E-state index in [2.05, 4.69) is 0 Å². The van der Waals surface area contributed by atoms with Gasteiger partial charge in [-0.3, -0.25) is 18.7 Å². The van der Waals surface area contributed by atoms with E-state index in [-0.39, 0.29) is 15.9 Å².